The van der Waals surface area contributed by atoms with E-state index >= 15 is 0 Å². The molecule has 1 fully saturated rings. The number of tetrazole rings is 1. The summed E-state index contributed by atoms with van der Waals surface area (Å²) in [6.45, 7) is 0.642. The number of rotatable bonds is 5. The predicted molar refractivity (Wildman–Crippen MR) is 93.1 cm³/mol. The molecule has 2 heterocycles. The van der Waals surface area contributed by atoms with Crippen LogP contribution in [0.15, 0.2) is 43.2 Å². The van der Waals surface area contributed by atoms with Crippen LogP contribution in [-0.2, 0) is 16.9 Å². The van der Waals surface area contributed by atoms with Crippen molar-refractivity contribution >= 4 is 11.6 Å². The Morgan fingerprint density at radius 3 is 2.58 bits per heavy atom. The Hall–Kier alpha value is -3.10. The standard InChI is InChI=1S/C17H20N8O/c26-16(17(8-2-1-3-9-17)25-13-19-22-23-25)21-15-6-4-14(5-7-15)10-24-12-18-11-20-24/h4-7,11-13H,1-3,8-10H2,(H,21,26). The summed E-state index contributed by atoms with van der Waals surface area (Å²) in [6.07, 6.45) is 9.32. The molecule has 0 unspecified atom stereocenters. The summed E-state index contributed by atoms with van der Waals surface area (Å²) in [7, 11) is 0. The van der Waals surface area contributed by atoms with Gasteiger partial charge in [-0.25, -0.2) is 14.3 Å². The average molecular weight is 352 g/mol. The lowest BCUT2D eigenvalue weighted by Crippen LogP contribution is -2.47. The van der Waals surface area contributed by atoms with E-state index in [1.807, 2.05) is 24.3 Å². The van der Waals surface area contributed by atoms with Gasteiger partial charge in [0.2, 0.25) is 0 Å². The molecule has 134 valence electrons. The van der Waals surface area contributed by atoms with Crippen molar-refractivity contribution in [2.75, 3.05) is 5.32 Å². The van der Waals surface area contributed by atoms with E-state index in [0.29, 0.717) is 6.54 Å². The highest BCUT2D eigenvalue weighted by atomic mass is 16.2. The fourth-order valence-electron chi connectivity index (χ4n) is 3.50. The Bertz CT molecular complexity index is 836. The maximum atomic E-state index is 13.1. The van der Waals surface area contributed by atoms with Crippen molar-refractivity contribution in [3.63, 3.8) is 0 Å². The van der Waals surface area contributed by atoms with Gasteiger partial charge < -0.3 is 5.32 Å². The molecule has 1 saturated carbocycles. The summed E-state index contributed by atoms with van der Waals surface area (Å²) in [5.41, 5.74) is 1.14. The highest BCUT2D eigenvalue weighted by Crippen LogP contribution is 2.35. The first-order valence-corrected chi connectivity index (χ1v) is 8.73. The van der Waals surface area contributed by atoms with Crippen molar-refractivity contribution in [2.45, 2.75) is 44.2 Å². The summed E-state index contributed by atoms with van der Waals surface area (Å²) in [6, 6.07) is 7.75. The second kappa shape index (κ2) is 7.03. The van der Waals surface area contributed by atoms with Crippen molar-refractivity contribution in [2.24, 2.45) is 0 Å². The van der Waals surface area contributed by atoms with Gasteiger partial charge >= 0.3 is 0 Å². The second-order valence-electron chi connectivity index (χ2n) is 6.59. The molecule has 1 aliphatic rings. The van der Waals surface area contributed by atoms with Crippen LogP contribution in [0, 0.1) is 0 Å². The van der Waals surface area contributed by atoms with E-state index in [4.69, 9.17) is 0 Å². The zero-order chi connectivity index (χ0) is 17.8. The van der Waals surface area contributed by atoms with E-state index in [2.05, 4.69) is 30.9 Å². The molecule has 1 N–H and O–H groups in total. The topological polar surface area (TPSA) is 103 Å². The first-order chi connectivity index (χ1) is 12.8. The largest absolute Gasteiger partial charge is 0.324 e. The number of nitrogens with zero attached hydrogens (tertiary/aromatic N) is 7. The lowest BCUT2D eigenvalue weighted by Gasteiger charge is -2.35. The molecule has 1 aromatic carbocycles. The van der Waals surface area contributed by atoms with Crippen LogP contribution in [0.25, 0.3) is 0 Å². The van der Waals surface area contributed by atoms with Gasteiger partial charge in [-0.2, -0.15) is 5.10 Å². The Kier molecular flexibility index (Phi) is 4.42. The molecule has 1 amide bonds. The molecular weight excluding hydrogens is 332 g/mol. The van der Waals surface area contributed by atoms with Crippen LogP contribution in [0.4, 0.5) is 5.69 Å². The molecule has 1 aliphatic carbocycles. The van der Waals surface area contributed by atoms with Crippen LogP contribution in [-0.4, -0.2) is 40.9 Å². The van der Waals surface area contributed by atoms with E-state index in [0.717, 1.165) is 43.4 Å². The summed E-state index contributed by atoms with van der Waals surface area (Å²) in [5, 5.41) is 18.6. The summed E-state index contributed by atoms with van der Waals surface area (Å²) in [5.74, 6) is -0.0615. The van der Waals surface area contributed by atoms with E-state index < -0.39 is 5.54 Å². The van der Waals surface area contributed by atoms with Gasteiger partial charge in [0.05, 0.1) is 6.54 Å². The molecule has 0 aliphatic heterocycles. The fourth-order valence-corrected chi connectivity index (χ4v) is 3.50. The summed E-state index contributed by atoms with van der Waals surface area (Å²) < 4.78 is 3.36. The van der Waals surface area contributed by atoms with Gasteiger partial charge in [-0.15, -0.1) is 5.10 Å². The fraction of sp³-hybridized carbons (Fsp3) is 0.412. The van der Waals surface area contributed by atoms with E-state index in [1.165, 1.54) is 12.7 Å². The van der Waals surface area contributed by atoms with Gasteiger partial charge in [0.25, 0.3) is 5.91 Å². The van der Waals surface area contributed by atoms with Crippen LogP contribution < -0.4 is 5.32 Å². The molecule has 9 heteroatoms. The number of hydrogen-bond acceptors (Lipinski definition) is 6. The molecule has 2 aromatic heterocycles. The third-order valence-electron chi connectivity index (χ3n) is 4.91. The molecule has 0 saturated heterocycles. The van der Waals surface area contributed by atoms with Gasteiger partial charge in [0.1, 0.15) is 24.5 Å². The third kappa shape index (κ3) is 3.19. The molecule has 0 atom stereocenters. The van der Waals surface area contributed by atoms with Crippen LogP contribution in [0.3, 0.4) is 0 Å². The zero-order valence-corrected chi connectivity index (χ0v) is 14.3. The Balaban J connectivity index is 1.49. The molecule has 4 rings (SSSR count). The normalized spacial score (nSPS) is 16.3. The van der Waals surface area contributed by atoms with Gasteiger partial charge in [-0.05, 0) is 41.0 Å². The maximum Gasteiger partial charge on any atom is 0.252 e. The Morgan fingerprint density at radius 1 is 1.12 bits per heavy atom. The molecule has 3 aromatic rings. The van der Waals surface area contributed by atoms with Gasteiger partial charge in [-0.1, -0.05) is 31.4 Å². The highest BCUT2D eigenvalue weighted by Gasteiger charge is 2.42. The molecule has 0 bridgehead atoms. The van der Waals surface area contributed by atoms with E-state index in [-0.39, 0.29) is 5.91 Å². The predicted octanol–water partition coefficient (Wildman–Crippen LogP) is 1.61. The molecule has 0 radical (unpaired) electrons. The lowest BCUT2D eigenvalue weighted by molar-refractivity contribution is -0.126. The van der Waals surface area contributed by atoms with Crippen LogP contribution in [0.2, 0.25) is 0 Å². The molecule has 9 nitrogen and oxygen atoms in total. The Morgan fingerprint density at radius 2 is 1.92 bits per heavy atom. The zero-order valence-electron chi connectivity index (χ0n) is 14.3. The van der Waals surface area contributed by atoms with E-state index in [1.54, 1.807) is 15.7 Å². The SMILES string of the molecule is O=C(Nc1ccc(Cn2cncn2)cc1)C1(n2cnnn2)CCCCC1. The van der Waals surface area contributed by atoms with Crippen LogP contribution in [0.1, 0.15) is 37.7 Å². The molecular formula is C17H20N8O. The lowest BCUT2D eigenvalue weighted by atomic mass is 9.81. The highest BCUT2D eigenvalue weighted by molar-refractivity contribution is 5.96. The number of carbonyl (C=O) groups is 1. The smallest absolute Gasteiger partial charge is 0.252 e. The van der Waals surface area contributed by atoms with Crippen LogP contribution in [0.5, 0.6) is 0 Å². The monoisotopic (exact) mass is 352 g/mol. The quantitative estimate of drug-likeness (QED) is 0.748. The van der Waals surface area contributed by atoms with Crippen molar-refractivity contribution in [1.29, 1.82) is 0 Å². The van der Waals surface area contributed by atoms with Crippen molar-refractivity contribution < 1.29 is 4.79 Å². The van der Waals surface area contributed by atoms with Gasteiger partial charge in [0.15, 0.2) is 0 Å². The Labute approximate surface area is 150 Å². The minimum absolute atomic E-state index is 0.0615. The van der Waals surface area contributed by atoms with Crippen molar-refractivity contribution in [3.8, 4) is 0 Å². The minimum atomic E-state index is -0.707. The molecule has 0 spiro atoms. The summed E-state index contributed by atoms with van der Waals surface area (Å²) >= 11 is 0. The van der Waals surface area contributed by atoms with Gasteiger partial charge in [-0.3, -0.25) is 4.79 Å². The number of amides is 1. The maximum absolute atomic E-state index is 13.1. The number of carbonyl (C=O) groups excluding carboxylic acids is 1. The number of benzene rings is 1. The minimum Gasteiger partial charge on any atom is -0.324 e. The number of hydrogen-bond donors (Lipinski definition) is 1. The van der Waals surface area contributed by atoms with Crippen molar-refractivity contribution in [1.82, 2.24) is 35.0 Å². The van der Waals surface area contributed by atoms with Gasteiger partial charge in [0, 0.05) is 5.69 Å². The third-order valence-corrected chi connectivity index (χ3v) is 4.91. The van der Waals surface area contributed by atoms with E-state index in [9.17, 15) is 4.79 Å². The van der Waals surface area contributed by atoms with Crippen LogP contribution >= 0.6 is 0 Å². The second-order valence-corrected chi connectivity index (χ2v) is 6.59. The number of nitrogens with one attached hydrogen (secondary N) is 1. The number of aromatic nitrogens is 7. The van der Waals surface area contributed by atoms with Crippen molar-refractivity contribution in [3.05, 3.63) is 48.8 Å². The average Bonchev–Trinajstić information content (AvgIpc) is 3.38. The first-order valence-electron chi connectivity index (χ1n) is 8.73. The molecule has 26 heavy (non-hydrogen) atoms. The first kappa shape index (κ1) is 16.4. The summed E-state index contributed by atoms with van der Waals surface area (Å²) in [4.78, 5) is 17.0. The number of anilines is 1.